The monoisotopic (exact) mass is 475 g/mol. The van der Waals surface area contributed by atoms with Crippen molar-refractivity contribution in [3.8, 4) is 11.4 Å². The van der Waals surface area contributed by atoms with Crippen LogP contribution in [-0.4, -0.2) is 64.9 Å². The van der Waals surface area contributed by atoms with Gasteiger partial charge in [0.2, 0.25) is 0 Å². The molecule has 4 heterocycles. The molecule has 0 spiro atoms. The van der Waals surface area contributed by atoms with Crippen LogP contribution in [0.25, 0.3) is 22.3 Å². The first-order valence-corrected chi connectivity index (χ1v) is 11.9. The number of fused-ring (bicyclic) bond motifs is 4. The average Bonchev–Trinajstić information content (AvgIpc) is 3.25. The lowest BCUT2D eigenvalue weighted by atomic mass is 9.99. The number of Topliss-reactive ketones (excluding diaryl/α,β-unsaturated/α-hetero) is 1. The van der Waals surface area contributed by atoms with Gasteiger partial charge in [-0.15, -0.1) is 0 Å². The Morgan fingerprint density at radius 1 is 1.17 bits per heavy atom. The van der Waals surface area contributed by atoms with Gasteiger partial charge >= 0.3 is 0 Å². The lowest BCUT2D eigenvalue weighted by Gasteiger charge is -2.33. The Kier molecular flexibility index (Phi) is 6.46. The van der Waals surface area contributed by atoms with Crippen LogP contribution in [0.3, 0.4) is 0 Å². The van der Waals surface area contributed by atoms with Crippen molar-refractivity contribution in [2.75, 3.05) is 33.2 Å². The number of aromatic nitrogens is 2. The highest BCUT2D eigenvalue weighted by Gasteiger charge is 2.29. The van der Waals surface area contributed by atoms with E-state index in [-0.39, 0.29) is 29.9 Å². The van der Waals surface area contributed by atoms with Crippen LogP contribution in [0.5, 0.6) is 0 Å². The predicted molar refractivity (Wildman–Crippen MR) is 132 cm³/mol. The van der Waals surface area contributed by atoms with E-state index >= 15 is 0 Å². The molecule has 0 unspecified atom stereocenters. The van der Waals surface area contributed by atoms with Crippen molar-refractivity contribution in [1.82, 2.24) is 24.9 Å². The molecule has 0 radical (unpaired) electrons. The number of carbonyl (C=O) groups excluding carboxylic acids is 2. The molecular formula is C26H29N5O4. The topological polar surface area (TPSA) is 96.8 Å². The average molecular weight is 476 g/mol. The maximum atomic E-state index is 13.5. The highest BCUT2D eigenvalue weighted by atomic mass is 16.5. The molecule has 5 rings (SSSR count). The lowest BCUT2D eigenvalue weighted by Crippen LogP contribution is -2.50. The number of para-hydroxylation sites is 1. The smallest absolute Gasteiger partial charge is 0.293 e. The van der Waals surface area contributed by atoms with Gasteiger partial charge in [0.05, 0.1) is 29.0 Å². The van der Waals surface area contributed by atoms with Gasteiger partial charge in [0, 0.05) is 55.7 Å². The first kappa shape index (κ1) is 23.3. The van der Waals surface area contributed by atoms with Crippen molar-refractivity contribution < 1.29 is 14.3 Å². The summed E-state index contributed by atoms with van der Waals surface area (Å²) in [6, 6.07) is 9.72. The van der Waals surface area contributed by atoms with Crippen LogP contribution >= 0.6 is 0 Å². The van der Waals surface area contributed by atoms with Gasteiger partial charge in [0.25, 0.3) is 12.0 Å². The number of hydrogen-bond donors (Lipinski definition) is 1. The zero-order chi connectivity index (χ0) is 24.5. The molecule has 0 saturated carbocycles. The minimum atomic E-state index is -0.318. The molecule has 1 aromatic carbocycles. The first-order valence-electron chi connectivity index (χ1n) is 11.9. The molecule has 0 amide bonds. The zero-order valence-electron chi connectivity index (χ0n) is 20.0. The van der Waals surface area contributed by atoms with E-state index in [4.69, 9.17) is 9.72 Å². The zero-order valence-corrected chi connectivity index (χ0v) is 20.0. The molecule has 2 aliphatic rings. The van der Waals surface area contributed by atoms with Crippen LogP contribution in [0.4, 0.5) is 0 Å². The van der Waals surface area contributed by atoms with E-state index in [0.29, 0.717) is 30.8 Å². The van der Waals surface area contributed by atoms with Gasteiger partial charge in [-0.3, -0.25) is 19.8 Å². The number of ketones is 1. The summed E-state index contributed by atoms with van der Waals surface area (Å²) in [5, 5.41) is 3.28. The molecule has 0 bridgehead atoms. The van der Waals surface area contributed by atoms with E-state index in [2.05, 4.69) is 28.4 Å². The predicted octanol–water partition coefficient (Wildman–Crippen LogP) is 1.94. The third-order valence-electron chi connectivity index (χ3n) is 6.97. The third kappa shape index (κ3) is 4.27. The van der Waals surface area contributed by atoms with Gasteiger partial charge in [-0.25, -0.2) is 9.99 Å². The fourth-order valence-electron chi connectivity index (χ4n) is 4.96. The second-order valence-electron chi connectivity index (χ2n) is 9.06. The molecular weight excluding hydrogens is 446 g/mol. The number of nitrogens with one attached hydrogen (secondary N) is 1. The molecule has 35 heavy (non-hydrogen) atoms. The van der Waals surface area contributed by atoms with Crippen molar-refractivity contribution in [3.05, 3.63) is 62.9 Å². The highest BCUT2D eigenvalue weighted by Crippen LogP contribution is 2.36. The van der Waals surface area contributed by atoms with Crippen molar-refractivity contribution in [2.24, 2.45) is 0 Å². The Bertz CT molecular complexity index is 1360. The Morgan fingerprint density at radius 2 is 1.94 bits per heavy atom. The summed E-state index contributed by atoms with van der Waals surface area (Å²) in [7, 11) is 2.13. The first-order chi connectivity index (χ1) is 17.0. The molecule has 0 atom stereocenters. The number of benzene rings is 1. The molecule has 3 aromatic rings. The molecule has 0 aliphatic carbocycles. The van der Waals surface area contributed by atoms with Gasteiger partial charge in [-0.1, -0.05) is 25.1 Å². The summed E-state index contributed by atoms with van der Waals surface area (Å²) in [5.41, 5.74) is 8.04. The quantitative estimate of drug-likeness (QED) is 0.305. The molecule has 2 aliphatic heterocycles. The molecule has 9 nitrogen and oxygen atoms in total. The number of carbonyl (C=O) groups is 2. The number of hydrogen-bond acceptors (Lipinski definition) is 8. The molecule has 2 aromatic heterocycles. The van der Waals surface area contributed by atoms with Crippen LogP contribution in [0.2, 0.25) is 0 Å². The van der Waals surface area contributed by atoms with Gasteiger partial charge in [-0.05, 0) is 24.7 Å². The Hall–Kier alpha value is -3.40. The molecule has 1 fully saturated rings. The third-order valence-corrected chi connectivity index (χ3v) is 6.97. The van der Waals surface area contributed by atoms with E-state index in [1.807, 2.05) is 18.2 Å². The van der Waals surface area contributed by atoms with Crippen LogP contribution in [0, 0.1) is 0 Å². The van der Waals surface area contributed by atoms with E-state index in [9.17, 15) is 14.4 Å². The lowest BCUT2D eigenvalue weighted by molar-refractivity contribution is -0.129. The van der Waals surface area contributed by atoms with Crippen molar-refractivity contribution in [2.45, 2.75) is 33.0 Å². The Labute approximate surface area is 203 Å². The number of nitrogens with zero attached hydrogens (tertiary/aromatic N) is 4. The number of hydrazine groups is 1. The summed E-state index contributed by atoms with van der Waals surface area (Å²) in [4.78, 5) is 44.2. The van der Waals surface area contributed by atoms with Crippen molar-refractivity contribution in [1.29, 1.82) is 0 Å². The van der Waals surface area contributed by atoms with Gasteiger partial charge in [-0.2, -0.15) is 0 Å². The van der Waals surface area contributed by atoms with Crippen LogP contribution < -0.4 is 11.0 Å². The minimum absolute atomic E-state index is 0.166. The van der Waals surface area contributed by atoms with Gasteiger partial charge < -0.3 is 14.2 Å². The summed E-state index contributed by atoms with van der Waals surface area (Å²) in [5.74, 6) is -0.166. The Balaban J connectivity index is 1.61. The molecule has 1 N–H and O–H groups in total. The standard InChI is InChI=1S/C26H29N5O4/c1-3-24(33)18-12-23-25-20(14-31(23)26(34)21(18)15-35-16-32)19(17-6-4-5-7-22(17)28-25)13-27-30-10-8-29(2)9-11-30/h4-7,12,16,27H,3,8-11,13-15H2,1-2H3. The van der Waals surface area contributed by atoms with Gasteiger partial charge in [0.1, 0.15) is 6.61 Å². The minimum Gasteiger partial charge on any atom is -0.463 e. The number of ether oxygens (including phenoxy) is 1. The van der Waals surface area contributed by atoms with Gasteiger partial charge in [0.15, 0.2) is 5.78 Å². The van der Waals surface area contributed by atoms with E-state index in [1.165, 1.54) is 0 Å². The normalized spacial score (nSPS) is 15.7. The highest BCUT2D eigenvalue weighted by molar-refractivity contribution is 5.98. The fraction of sp³-hybridized carbons (Fsp3) is 0.385. The van der Waals surface area contributed by atoms with Crippen LogP contribution in [0.1, 0.15) is 40.4 Å². The van der Waals surface area contributed by atoms with Crippen LogP contribution in [0.15, 0.2) is 35.1 Å². The molecule has 9 heteroatoms. The number of rotatable bonds is 8. The second-order valence-corrected chi connectivity index (χ2v) is 9.06. The maximum absolute atomic E-state index is 13.5. The summed E-state index contributed by atoms with van der Waals surface area (Å²) in [6.07, 6.45) is 0.245. The number of pyridine rings is 2. The molecule has 182 valence electrons. The molecule has 1 saturated heterocycles. The summed E-state index contributed by atoms with van der Waals surface area (Å²) < 4.78 is 6.54. The number of likely N-dealkylation sites (N-methyl/N-ethyl adjacent to an activating group) is 1. The fourth-order valence-corrected chi connectivity index (χ4v) is 4.96. The van der Waals surface area contributed by atoms with E-state index in [0.717, 1.165) is 53.9 Å². The summed E-state index contributed by atoms with van der Waals surface area (Å²) in [6.45, 7) is 6.66. The van der Waals surface area contributed by atoms with Crippen molar-refractivity contribution >= 4 is 23.2 Å². The maximum Gasteiger partial charge on any atom is 0.293 e. The SMILES string of the molecule is CCC(=O)c1cc2n(c(=O)c1COC=O)Cc1c-2nc2ccccc2c1CNN1CCN(C)CC1. The van der Waals surface area contributed by atoms with E-state index in [1.54, 1.807) is 17.6 Å². The van der Waals surface area contributed by atoms with Crippen LogP contribution in [-0.2, 0) is 29.2 Å². The number of piperazine rings is 1. The van der Waals surface area contributed by atoms with Crippen molar-refractivity contribution in [3.63, 3.8) is 0 Å². The second kappa shape index (κ2) is 9.69. The van der Waals surface area contributed by atoms with E-state index < -0.39 is 0 Å². The largest absolute Gasteiger partial charge is 0.463 e. The Morgan fingerprint density at radius 3 is 2.69 bits per heavy atom. The summed E-state index contributed by atoms with van der Waals surface area (Å²) >= 11 is 0.